The molecule has 30 heavy (non-hydrogen) atoms. The summed E-state index contributed by atoms with van der Waals surface area (Å²) in [5, 5.41) is 13.1. The summed E-state index contributed by atoms with van der Waals surface area (Å²) in [5.41, 5.74) is 4.07. The number of hydrogen-bond acceptors (Lipinski definition) is 6. The topological polar surface area (TPSA) is 89.5 Å². The first kappa shape index (κ1) is 20.8. The minimum absolute atomic E-state index is 0.382. The third-order valence-corrected chi connectivity index (χ3v) is 5.50. The van der Waals surface area contributed by atoms with E-state index in [9.17, 15) is 4.79 Å². The Kier molecular flexibility index (Phi) is 5.57. The number of nitrogens with zero attached hydrogens (tertiary/aromatic N) is 6. The lowest BCUT2D eigenvalue weighted by atomic mass is 10.2. The van der Waals surface area contributed by atoms with E-state index >= 15 is 0 Å². The molecule has 1 N–H and O–H groups in total. The van der Waals surface area contributed by atoms with E-state index in [2.05, 4.69) is 25.5 Å². The van der Waals surface area contributed by atoms with E-state index in [-0.39, 0.29) is 0 Å². The van der Waals surface area contributed by atoms with Gasteiger partial charge in [-0.3, -0.25) is 4.79 Å². The van der Waals surface area contributed by atoms with Gasteiger partial charge in [-0.25, -0.2) is 14.5 Å². The van der Waals surface area contributed by atoms with Crippen molar-refractivity contribution in [3.63, 3.8) is 0 Å². The van der Waals surface area contributed by atoms with Gasteiger partial charge in [-0.15, -0.1) is 0 Å². The molecule has 0 radical (unpaired) electrons. The van der Waals surface area contributed by atoms with Gasteiger partial charge < -0.3 is 5.32 Å². The van der Waals surface area contributed by atoms with Gasteiger partial charge in [0.2, 0.25) is 0 Å². The molecule has 0 aromatic carbocycles. The van der Waals surface area contributed by atoms with Gasteiger partial charge in [-0.1, -0.05) is 34.8 Å². The number of aromatic nitrogens is 6. The number of aryl methyl sites for hydroxylation is 2. The molecule has 0 aliphatic heterocycles. The monoisotopic (exact) mass is 465 g/mol. The summed E-state index contributed by atoms with van der Waals surface area (Å²) in [6.07, 6.45) is 3.08. The first-order chi connectivity index (χ1) is 14.3. The lowest BCUT2D eigenvalue weighted by molar-refractivity contribution is 0.112. The van der Waals surface area contributed by atoms with Crippen LogP contribution in [0.4, 0.5) is 5.82 Å². The van der Waals surface area contributed by atoms with E-state index in [4.69, 9.17) is 34.8 Å². The highest BCUT2D eigenvalue weighted by Gasteiger charge is 2.25. The quantitative estimate of drug-likeness (QED) is 0.347. The predicted molar refractivity (Wildman–Crippen MR) is 117 cm³/mol. The van der Waals surface area contributed by atoms with Crippen LogP contribution in [0, 0.1) is 20.8 Å². The standard InChI is InChI=1S/C12H13ClN4O.C7H5Cl2N3/c1-6-10(13)15-12-9(5-18)7(2)16-17(12)11(6)14-8-3-4-8;1-4-2-7-10-5(8)3-6(9)12(7)11-4/h5,8,14H,3-4H2,1-2H3;2-3H,1H3. The first-order valence-electron chi connectivity index (χ1n) is 9.24. The van der Waals surface area contributed by atoms with Crippen LogP contribution >= 0.6 is 34.8 Å². The van der Waals surface area contributed by atoms with E-state index < -0.39 is 0 Å². The van der Waals surface area contributed by atoms with Crippen LogP contribution in [0.15, 0.2) is 12.1 Å². The molecule has 4 aromatic rings. The number of hydrogen-bond donors (Lipinski definition) is 1. The Labute approximate surface area is 187 Å². The smallest absolute Gasteiger partial charge is 0.169 e. The summed E-state index contributed by atoms with van der Waals surface area (Å²) in [5.74, 6) is 0.837. The fourth-order valence-electron chi connectivity index (χ4n) is 2.98. The number of halogens is 3. The largest absolute Gasteiger partial charge is 0.367 e. The maximum atomic E-state index is 11.1. The minimum Gasteiger partial charge on any atom is -0.367 e. The van der Waals surface area contributed by atoms with Crippen LogP contribution in [0.25, 0.3) is 11.3 Å². The Balaban J connectivity index is 0.000000158. The second-order valence-corrected chi connectivity index (χ2v) is 8.24. The number of fused-ring (bicyclic) bond motifs is 2. The lowest BCUT2D eigenvalue weighted by Crippen LogP contribution is -2.10. The normalized spacial score (nSPS) is 13.4. The summed E-state index contributed by atoms with van der Waals surface area (Å²) in [6.45, 7) is 5.57. The maximum Gasteiger partial charge on any atom is 0.169 e. The van der Waals surface area contributed by atoms with Crippen molar-refractivity contribution in [2.45, 2.75) is 39.7 Å². The van der Waals surface area contributed by atoms with Gasteiger partial charge in [0.1, 0.15) is 21.3 Å². The zero-order valence-electron chi connectivity index (χ0n) is 16.4. The summed E-state index contributed by atoms with van der Waals surface area (Å²) in [6, 6.07) is 3.86. The van der Waals surface area contributed by atoms with E-state index in [1.54, 1.807) is 22.0 Å². The van der Waals surface area contributed by atoms with Crippen molar-refractivity contribution >= 4 is 58.2 Å². The highest BCUT2D eigenvalue weighted by atomic mass is 35.5. The second kappa shape index (κ2) is 8.02. The van der Waals surface area contributed by atoms with E-state index in [1.165, 1.54) is 0 Å². The molecule has 0 saturated heterocycles. The molecule has 4 aromatic heterocycles. The van der Waals surface area contributed by atoms with Gasteiger partial charge in [-0.05, 0) is 33.6 Å². The Morgan fingerprint density at radius 3 is 2.47 bits per heavy atom. The van der Waals surface area contributed by atoms with Crippen molar-refractivity contribution in [3.05, 3.63) is 50.1 Å². The number of carbonyl (C=O) groups is 1. The van der Waals surface area contributed by atoms with Crippen LogP contribution in [-0.4, -0.2) is 41.5 Å². The highest BCUT2D eigenvalue weighted by Crippen LogP contribution is 2.30. The van der Waals surface area contributed by atoms with Gasteiger partial charge in [-0.2, -0.15) is 14.7 Å². The molecule has 0 unspecified atom stereocenters. The lowest BCUT2D eigenvalue weighted by Gasteiger charge is -2.11. The molecule has 1 saturated carbocycles. The number of rotatable bonds is 3. The number of aldehydes is 1. The average Bonchev–Trinajstić information content (AvgIpc) is 3.34. The van der Waals surface area contributed by atoms with E-state index in [1.807, 2.05) is 19.9 Å². The average molecular weight is 467 g/mol. The molecule has 5 rings (SSSR count). The summed E-state index contributed by atoms with van der Waals surface area (Å²) in [4.78, 5) is 19.4. The zero-order chi connectivity index (χ0) is 21.6. The van der Waals surface area contributed by atoms with Crippen molar-refractivity contribution in [2.24, 2.45) is 0 Å². The fraction of sp³-hybridized carbons (Fsp3) is 0.316. The molecular weight excluding hydrogens is 449 g/mol. The third-order valence-electron chi connectivity index (χ3n) is 4.67. The van der Waals surface area contributed by atoms with Crippen LogP contribution in [-0.2, 0) is 0 Å². The molecule has 8 nitrogen and oxygen atoms in total. The molecule has 0 atom stereocenters. The highest BCUT2D eigenvalue weighted by molar-refractivity contribution is 6.33. The van der Waals surface area contributed by atoms with Gasteiger partial charge in [0.05, 0.1) is 17.0 Å². The summed E-state index contributed by atoms with van der Waals surface area (Å²) < 4.78 is 3.22. The number of nitrogens with one attached hydrogen (secondary N) is 1. The summed E-state index contributed by atoms with van der Waals surface area (Å²) >= 11 is 17.7. The maximum absolute atomic E-state index is 11.1. The number of anilines is 1. The fourth-order valence-corrected chi connectivity index (χ4v) is 3.62. The van der Waals surface area contributed by atoms with Crippen LogP contribution in [0.1, 0.15) is 40.2 Å². The van der Waals surface area contributed by atoms with Crippen LogP contribution < -0.4 is 5.32 Å². The van der Waals surface area contributed by atoms with Gasteiger partial charge in [0.15, 0.2) is 17.6 Å². The van der Waals surface area contributed by atoms with Crippen molar-refractivity contribution < 1.29 is 4.79 Å². The molecule has 0 amide bonds. The SMILES string of the molecule is Cc1cc2nc(Cl)cc(Cl)n2n1.Cc1nn2c(NC3CC3)c(C)c(Cl)nc2c1C=O. The summed E-state index contributed by atoms with van der Waals surface area (Å²) in [7, 11) is 0. The van der Waals surface area contributed by atoms with Gasteiger partial charge in [0.25, 0.3) is 0 Å². The first-order valence-corrected chi connectivity index (χ1v) is 10.4. The molecule has 156 valence electrons. The van der Waals surface area contributed by atoms with Crippen LogP contribution in [0.3, 0.4) is 0 Å². The van der Waals surface area contributed by atoms with Crippen LogP contribution in [0.2, 0.25) is 15.5 Å². The Bertz CT molecular complexity index is 1280. The molecule has 1 aliphatic carbocycles. The van der Waals surface area contributed by atoms with Crippen LogP contribution in [0.5, 0.6) is 0 Å². The Hall–Kier alpha value is -2.42. The van der Waals surface area contributed by atoms with E-state index in [0.717, 1.165) is 36.2 Å². The Morgan fingerprint density at radius 2 is 1.80 bits per heavy atom. The van der Waals surface area contributed by atoms with Crippen molar-refractivity contribution in [2.75, 3.05) is 5.32 Å². The molecule has 1 fully saturated rings. The van der Waals surface area contributed by atoms with Crippen molar-refractivity contribution in [3.8, 4) is 0 Å². The predicted octanol–water partition coefficient (Wildman–Crippen LogP) is 4.73. The minimum atomic E-state index is 0.382. The van der Waals surface area contributed by atoms with Crippen molar-refractivity contribution in [1.82, 2.24) is 29.2 Å². The van der Waals surface area contributed by atoms with E-state index in [0.29, 0.717) is 44.1 Å². The van der Waals surface area contributed by atoms with Crippen molar-refractivity contribution in [1.29, 1.82) is 0 Å². The molecule has 0 spiro atoms. The molecule has 1 aliphatic rings. The molecule has 0 bridgehead atoms. The zero-order valence-corrected chi connectivity index (χ0v) is 18.7. The molecular formula is C19H18Cl3N7O. The molecule has 11 heteroatoms. The second-order valence-electron chi connectivity index (χ2n) is 7.10. The number of carbonyl (C=O) groups excluding carboxylic acids is 1. The Morgan fingerprint density at radius 1 is 1.07 bits per heavy atom. The van der Waals surface area contributed by atoms with Gasteiger partial charge in [0, 0.05) is 23.7 Å². The molecule has 4 heterocycles. The van der Waals surface area contributed by atoms with Gasteiger partial charge >= 0.3 is 0 Å². The third kappa shape index (κ3) is 3.95.